The second kappa shape index (κ2) is 10.4. The van der Waals surface area contributed by atoms with Crippen molar-refractivity contribution in [3.63, 3.8) is 0 Å². The minimum absolute atomic E-state index is 0.0316. The normalized spacial score (nSPS) is 12.5. The van der Waals surface area contributed by atoms with Crippen molar-refractivity contribution in [3.05, 3.63) is 53.6 Å². The highest BCUT2D eigenvalue weighted by molar-refractivity contribution is 7.92. The third-order valence-electron chi connectivity index (χ3n) is 4.64. The van der Waals surface area contributed by atoms with E-state index in [1.165, 1.54) is 12.1 Å². The number of amides is 1. The van der Waals surface area contributed by atoms with Crippen molar-refractivity contribution in [1.29, 1.82) is 0 Å². The minimum Gasteiger partial charge on any atom is -0.493 e. The van der Waals surface area contributed by atoms with Gasteiger partial charge in [-0.25, -0.2) is 8.42 Å². The van der Waals surface area contributed by atoms with E-state index >= 15 is 0 Å². The van der Waals surface area contributed by atoms with Gasteiger partial charge in [-0.3, -0.25) is 4.79 Å². The number of rotatable bonds is 10. The maximum absolute atomic E-state index is 12.9. The highest BCUT2D eigenvalue weighted by Gasteiger charge is 2.26. The Hall–Kier alpha value is -2.58. The first kappa shape index (κ1) is 23.7. The van der Waals surface area contributed by atoms with E-state index in [4.69, 9.17) is 14.2 Å². The van der Waals surface area contributed by atoms with Crippen LogP contribution in [-0.2, 0) is 14.6 Å². The molecule has 0 bridgehead atoms. The fraction of sp³-hybridized carbons (Fsp3) is 0.409. The van der Waals surface area contributed by atoms with Crippen molar-refractivity contribution in [3.8, 4) is 11.5 Å². The molecule has 164 valence electrons. The van der Waals surface area contributed by atoms with E-state index in [0.29, 0.717) is 24.7 Å². The quantitative estimate of drug-likeness (QED) is 0.575. The Morgan fingerprint density at radius 2 is 1.70 bits per heavy atom. The van der Waals surface area contributed by atoms with Crippen LogP contribution in [0.25, 0.3) is 0 Å². The van der Waals surface area contributed by atoms with Gasteiger partial charge in [0.1, 0.15) is 6.61 Å². The Kier molecular flexibility index (Phi) is 8.25. The molecular formula is C22H29NO6S. The van der Waals surface area contributed by atoms with Gasteiger partial charge in [0.15, 0.2) is 21.3 Å². The summed E-state index contributed by atoms with van der Waals surface area (Å²) in [6.07, 6.45) is 0. The molecule has 0 aliphatic heterocycles. The molecule has 1 unspecified atom stereocenters. The van der Waals surface area contributed by atoms with Crippen molar-refractivity contribution in [2.45, 2.75) is 37.0 Å². The van der Waals surface area contributed by atoms with E-state index in [-0.39, 0.29) is 16.5 Å². The van der Waals surface area contributed by atoms with Gasteiger partial charge in [0.25, 0.3) is 5.91 Å². The number of sulfone groups is 1. The summed E-state index contributed by atoms with van der Waals surface area (Å²) in [6, 6.07) is 11.2. The Morgan fingerprint density at radius 1 is 1.00 bits per heavy atom. The van der Waals surface area contributed by atoms with Crippen LogP contribution in [0.5, 0.6) is 11.5 Å². The molecule has 0 aliphatic carbocycles. The lowest BCUT2D eigenvalue weighted by Gasteiger charge is -2.18. The topological polar surface area (TPSA) is 90.9 Å². The van der Waals surface area contributed by atoms with Crippen molar-refractivity contribution >= 4 is 15.7 Å². The Labute approximate surface area is 178 Å². The number of methoxy groups -OCH3 is 2. The molecule has 0 fully saturated rings. The second-order valence-electron chi connectivity index (χ2n) is 7.04. The molecule has 0 aromatic heterocycles. The van der Waals surface area contributed by atoms with E-state index in [9.17, 15) is 13.2 Å². The maximum Gasteiger partial charge on any atom is 0.253 e. The number of nitrogens with one attached hydrogen (secondary N) is 1. The molecule has 1 N–H and O–H groups in total. The molecule has 8 heteroatoms. The van der Waals surface area contributed by atoms with Crippen molar-refractivity contribution in [1.82, 2.24) is 5.32 Å². The molecule has 0 radical (unpaired) electrons. The summed E-state index contributed by atoms with van der Waals surface area (Å²) in [6.45, 7) is 5.84. The summed E-state index contributed by atoms with van der Waals surface area (Å²) in [4.78, 5) is 12.9. The van der Waals surface area contributed by atoms with Crippen LogP contribution in [0.1, 0.15) is 42.7 Å². The molecule has 2 aromatic rings. The zero-order valence-electron chi connectivity index (χ0n) is 18.0. The summed E-state index contributed by atoms with van der Waals surface area (Å²) < 4.78 is 41.2. The predicted molar refractivity (Wildman–Crippen MR) is 115 cm³/mol. The lowest BCUT2D eigenvalue weighted by molar-refractivity contribution is 0.0936. The number of benzene rings is 2. The smallest absolute Gasteiger partial charge is 0.253 e. The molecule has 0 heterocycles. The SMILES string of the molecule is COCCOc1ccc(C(C)NC(=O)c2ccccc2S(=O)(=O)C(C)C)cc1OC. The Morgan fingerprint density at radius 3 is 2.33 bits per heavy atom. The summed E-state index contributed by atoms with van der Waals surface area (Å²) in [5, 5.41) is 2.24. The van der Waals surface area contributed by atoms with Crippen LogP contribution in [0.3, 0.4) is 0 Å². The molecule has 7 nitrogen and oxygen atoms in total. The monoisotopic (exact) mass is 435 g/mol. The number of carbonyl (C=O) groups is 1. The first-order valence-corrected chi connectivity index (χ1v) is 11.2. The molecule has 1 amide bonds. The van der Waals surface area contributed by atoms with Crippen molar-refractivity contribution in [2.24, 2.45) is 0 Å². The first-order chi connectivity index (χ1) is 14.2. The zero-order chi connectivity index (χ0) is 22.3. The van der Waals surface area contributed by atoms with Crippen LogP contribution in [0.15, 0.2) is 47.4 Å². The van der Waals surface area contributed by atoms with Crippen LogP contribution in [0.4, 0.5) is 0 Å². The van der Waals surface area contributed by atoms with Crippen LogP contribution >= 0.6 is 0 Å². The van der Waals surface area contributed by atoms with E-state index < -0.39 is 21.0 Å². The Balaban J connectivity index is 2.23. The second-order valence-corrected chi connectivity index (χ2v) is 9.51. The average Bonchev–Trinajstić information content (AvgIpc) is 2.73. The Bertz CT molecular complexity index is 971. The average molecular weight is 436 g/mol. The van der Waals surface area contributed by atoms with Crippen molar-refractivity contribution in [2.75, 3.05) is 27.4 Å². The van der Waals surface area contributed by atoms with Crippen LogP contribution in [-0.4, -0.2) is 47.0 Å². The van der Waals surface area contributed by atoms with Gasteiger partial charge in [0, 0.05) is 7.11 Å². The van der Waals surface area contributed by atoms with Crippen molar-refractivity contribution < 1.29 is 27.4 Å². The molecule has 0 spiro atoms. The van der Waals surface area contributed by atoms with Gasteiger partial charge in [-0.15, -0.1) is 0 Å². The van der Waals surface area contributed by atoms with Gasteiger partial charge in [-0.2, -0.15) is 0 Å². The maximum atomic E-state index is 12.9. The summed E-state index contributed by atoms with van der Waals surface area (Å²) >= 11 is 0. The third-order valence-corrected chi connectivity index (χ3v) is 6.85. The summed E-state index contributed by atoms with van der Waals surface area (Å²) in [7, 11) is -0.452. The fourth-order valence-electron chi connectivity index (χ4n) is 2.82. The summed E-state index contributed by atoms with van der Waals surface area (Å²) in [5.74, 6) is 0.652. The molecule has 2 aromatic carbocycles. The standard InChI is InChI=1S/C22H29NO6S/c1-15(2)30(25,26)21-9-7-6-8-18(21)22(24)23-16(3)17-10-11-19(20(14-17)28-5)29-13-12-27-4/h6-11,14-16H,12-13H2,1-5H3,(H,23,24). The highest BCUT2D eigenvalue weighted by Crippen LogP contribution is 2.30. The van der Waals surface area contributed by atoms with E-state index in [2.05, 4.69) is 5.32 Å². The van der Waals surface area contributed by atoms with Gasteiger partial charge in [-0.1, -0.05) is 18.2 Å². The molecule has 0 aliphatic rings. The van der Waals surface area contributed by atoms with Crippen LogP contribution in [0.2, 0.25) is 0 Å². The molecule has 0 saturated heterocycles. The number of hydrogen-bond acceptors (Lipinski definition) is 6. The van der Waals surface area contributed by atoms with E-state index in [0.717, 1.165) is 5.56 Å². The van der Waals surface area contributed by atoms with Gasteiger partial charge in [0.2, 0.25) is 0 Å². The molecule has 2 rings (SSSR count). The summed E-state index contributed by atoms with van der Waals surface area (Å²) in [5.41, 5.74) is 0.924. The molecule has 0 saturated carbocycles. The van der Waals surface area contributed by atoms with E-state index in [1.54, 1.807) is 52.3 Å². The number of ether oxygens (including phenoxy) is 3. The van der Waals surface area contributed by atoms with Gasteiger partial charge in [-0.05, 0) is 50.6 Å². The first-order valence-electron chi connectivity index (χ1n) is 9.65. The highest BCUT2D eigenvalue weighted by atomic mass is 32.2. The lowest BCUT2D eigenvalue weighted by Crippen LogP contribution is -2.29. The molecule has 1 atom stereocenters. The van der Waals surface area contributed by atoms with Gasteiger partial charge in [0.05, 0.1) is 35.5 Å². The molecule has 30 heavy (non-hydrogen) atoms. The molecular weight excluding hydrogens is 406 g/mol. The number of hydrogen-bond donors (Lipinski definition) is 1. The van der Waals surface area contributed by atoms with Crippen LogP contribution < -0.4 is 14.8 Å². The number of carbonyl (C=O) groups excluding carboxylic acids is 1. The van der Waals surface area contributed by atoms with Crippen LogP contribution in [0, 0.1) is 0 Å². The lowest BCUT2D eigenvalue weighted by atomic mass is 10.1. The minimum atomic E-state index is -3.59. The van der Waals surface area contributed by atoms with Gasteiger partial charge >= 0.3 is 0 Å². The predicted octanol–water partition coefficient (Wildman–Crippen LogP) is 3.39. The fourth-order valence-corrected chi connectivity index (χ4v) is 4.07. The third kappa shape index (κ3) is 5.52. The largest absolute Gasteiger partial charge is 0.493 e. The van der Waals surface area contributed by atoms with Gasteiger partial charge < -0.3 is 19.5 Å². The van der Waals surface area contributed by atoms with E-state index in [1.807, 2.05) is 13.0 Å². The zero-order valence-corrected chi connectivity index (χ0v) is 18.8.